The largest absolute Gasteiger partial charge is 0.324 e. The van der Waals surface area contributed by atoms with Crippen molar-refractivity contribution in [2.24, 2.45) is 5.73 Å². The number of carbonyl (C=O) groups is 1. The first-order valence-corrected chi connectivity index (χ1v) is 4.03. The molecule has 0 saturated carbocycles. The average Bonchev–Trinajstić information content (AvgIpc) is 1.98. The maximum atomic E-state index is 10.6. The van der Waals surface area contributed by atoms with Crippen molar-refractivity contribution >= 4 is 18.2 Å². The van der Waals surface area contributed by atoms with Gasteiger partial charge in [-0.1, -0.05) is 26.2 Å². The lowest BCUT2D eigenvalue weighted by Gasteiger charge is -1.96. The number of ketones is 1. The smallest absolute Gasteiger partial charge is 0.146 e. The molecule has 2 nitrogen and oxygen atoms in total. The fraction of sp³-hybridized carbons (Fsp3) is 0.875. The summed E-state index contributed by atoms with van der Waals surface area (Å²) in [5.74, 6) is 0.191. The number of rotatable bonds is 6. The zero-order chi connectivity index (χ0) is 7.82. The average molecular weight is 180 g/mol. The molecule has 0 amide bonds. The van der Waals surface area contributed by atoms with Gasteiger partial charge in [0.1, 0.15) is 5.78 Å². The van der Waals surface area contributed by atoms with E-state index in [9.17, 15) is 4.79 Å². The molecule has 0 bridgehead atoms. The van der Waals surface area contributed by atoms with Crippen LogP contribution in [0.25, 0.3) is 0 Å². The van der Waals surface area contributed by atoms with Gasteiger partial charge in [-0.15, -0.1) is 12.4 Å². The quantitative estimate of drug-likeness (QED) is 0.633. The van der Waals surface area contributed by atoms with E-state index in [1.807, 2.05) is 0 Å². The highest BCUT2D eigenvalue weighted by Gasteiger charge is 1.96. The van der Waals surface area contributed by atoms with Crippen LogP contribution in [0, 0.1) is 0 Å². The highest BCUT2D eigenvalue weighted by Crippen LogP contribution is 2.01. The zero-order valence-electron chi connectivity index (χ0n) is 7.14. The molecule has 0 rings (SSSR count). The monoisotopic (exact) mass is 179 g/mol. The number of carbonyl (C=O) groups excluding carboxylic acids is 1. The van der Waals surface area contributed by atoms with E-state index in [2.05, 4.69) is 6.92 Å². The van der Waals surface area contributed by atoms with E-state index in [1.165, 1.54) is 19.3 Å². The van der Waals surface area contributed by atoms with Gasteiger partial charge in [-0.3, -0.25) is 4.79 Å². The van der Waals surface area contributed by atoms with Gasteiger partial charge in [0, 0.05) is 6.42 Å². The molecule has 3 heteroatoms. The van der Waals surface area contributed by atoms with E-state index in [4.69, 9.17) is 5.73 Å². The van der Waals surface area contributed by atoms with Crippen LogP contribution in [0.15, 0.2) is 0 Å². The number of hydrogen-bond acceptors (Lipinski definition) is 2. The normalized spacial score (nSPS) is 8.91. The Morgan fingerprint density at radius 3 is 2.36 bits per heavy atom. The fourth-order valence-electron chi connectivity index (χ4n) is 0.851. The van der Waals surface area contributed by atoms with Crippen LogP contribution >= 0.6 is 12.4 Å². The molecular formula is C8H18ClNO. The van der Waals surface area contributed by atoms with Gasteiger partial charge < -0.3 is 5.73 Å². The predicted molar refractivity (Wildman–Crippen MR) is 50.1 cm³/mol. The van der Waals surface area contributed by atoms with Crippen LogP contribution < -0.4 is 5.73 Å². The SMILES string of the molecule is CCCCCCC(=O)CN.Cl. The van der Waals surface area contributed by atoms with Crippen molar-refractivity contribution in [1.29, 1.82) is 0 Å². The standard InChI is InChI=1S/C8H17NO.ClH/c1-2-3-4-5-6-8(10)7-9;/h2-7,9H2,1H3;1H. The molecule has 11 heavy (non-hydrogen) atoms. The van der Waals surface area contributed by atoms with Crippen molar-refractivity contribution in [2.45, 2.75) is 39.0 Å². The summed E-state index contributed by atoms with van der Waals surface area (Å²) < 4.78 is 0. The van der Waals surface area contributed by atoms with E-state index < -0.39 is 0 Å². The number of hydrogen-bond donors (Lipinski definition) is 1. The van der Waals surface area contributed by atoms with Gasteiger partial charge in [-0.2, -0.15) is 0 Å². The molecule has 68 valence electrons. The van der Waals surface area contributed by atoms with Crippen molar-refractivity contribution in [3.05, 3.63) is 0 Å². The first-order valence-electron chi connectivity index (χ1n) is 4.03. The van der Waals surface area contributed by atoms with Crippen molar-refractivity contribution in [3.8, 4) is 0 Å². The minimum atomic E-state index is 0. The van der Waals surface area contributed by atoms with E-state index in [0.717, 1.165) is 6.42 Å². The number of Topliss-reactive ketones (excluding diaryl/α,β-unsaturated/α-hetero) is 1. The molecule has 0 unspecified atom stereocenters. The van der Waals surface area contributed by atoms with E-state index in [1.54, 1.807) is 0 Å². The van der Waals surface area contributed by atoms with Gasteiger partial charge in [0.25, 0.3) is 0 Å². The Morgan fingerprint density at radius 2 is 1.91 bits per heavy atom. The van der Waals surface area contributed by atoms with Crippen LogP contribution in [0.5, 0.6) is 0 Å². The van der Waals surface area contributed by atoms with Gasteiger partial charge in [0.15, 0.2) is 0 Å². The second kappa shape index (κ2) is 9.92. The molecule has 0 saturated heterocycles. The number of nitrogens with two attached hydrogens (primary N) is 1. The maximum absolute atomic E-state index is 10.6. The summed E-state index contributed by atoms with van der Waals surface area (Å²) in [7, 11) is 0. The van der Waals surface area contributed by atoms with Crippen LogP contribution in [0.1, 0.15) is 39.0 Å². The summed E-state index contributed by atoms with van der Waals surface area (Å²) in [5.41, 5.74) is 5.14. The Kier molecular flexibility index (Phi) is 12.2. The molecule has 0 radical (unpaired) electrons. The van der Waals surface area contributed by atoms with E-state index in [0.29, 0.717) is 6.42 Å². The van der Waals surface area contributed by atoms with Crippen molar-refractivity contribution < 1.29 is 4.79 Å². The molecule has 0 aromatic rings. The molecule has 0 spiro atoms. The van der Waals surface area contributed by atoms with Gasteiger partial charge in [0.2, 0.25) is 0 Å². The zero-order valence-corrected chi connectivity index (χ0v) is 7.95. The highest BCUT2D eigenvalue weighted by molar-refractivity contribution is 5.85. The lowest BCUT2D eigenvalue weighted by Crippen LogP contribution is -2.12. The highest BCUT2D eigenvalue weighted by atomic mass is 35.5. The minimum Gasteiger partial charge on any atom is -0.324 e. The number of unbranched alkanes of at least 4 members (excludes halogenated alkanes) is 3. The number of halogens is 1. The second-order valence-corrected chi connectivity index (χ2v) is 2.55. The van der Waals surface area contributed by atoms with Crippen LogP contribution in [-0.4, -0.2) is 12.3 Å². The van der Waals surface area contributed by atoms with Crippen molar-refractivity contribution in [2.75, 3.05) is 6.54 Å². The summed E-state index contributed by atoms with van der Waals surface area (Å²) >= 11 is 0. The molecule has 0 atom stereocenters. The van der Waals surface area contributed by atoms with Gasteiger partial charge in [0.05, 0.1) is 6.54 Å². The van der Waals surface area contributed by atoms with Crippen molar-refractivity contribution in [1.82, 2.24) is 0 Å². The molecule has 0 aliphatic heterocycles. The molecule has 0 heterocycles. The predicted octanol–water partition coefficient (Wildman–Crippen LogP) is 1.91. The van der Waals surface area contributed by atoms with Gasteiger partial charge in [-0.25, -0.2) is 0 Å². The third kappa shape index (κ3) is 9.92. The summed E-state index contributed by atoms with van der Waals surface area (Å²) in [5, 5.41) is 0. The topological polar surface area (TPSA) is 43.1 Å². The second-order valence-electron chi connectivity index (χ2n) is 2.55. The molecule has 0 aromatic heterocycles. The Morgan fingerprint density at radius 1 is 1.27 bits per heavy atom. The summed E-state index contributed by atoms with van der Waals surface area (Å²) in [4.78, 5) is 10.6. The first kappa shape index (κ1) is 13.5. The molecular weight excluding hydrogens is 162 g/mol. The van der Waals surface area contributed by atoms with Crippen LogP contribution in [-0.2, 0) is 4.79 Å². The van der Waals surface area contributed by atoms with Crippen LogP contribution in [0.4, 0.5) is 0 Å². The Hall–Kier alpha value is -0.0800. The van der Waals surface area contributed by atoms with E-state index >= 15 is 0 Å². The molecule has 0 aliphatic rings. The Bertz CT molecular complexity index is 96.1. The summed E-state index contributed by atoms with van der Waals surface area (Å²) in [6.07, 6.45) is 5.32. The summed E-state index contributed by atoms with van der Waals surface area (Å²) in [6, 6.07) is 0. The lowest BCUT2D eigenvalue weighted by atomic mass is 10.1. The molecule has 0 aromatic carbocycles. The Balaban J connectivity index is 0. The Labute approximate surface area is 74.9 Å². The third-order valence-corrected chi connectivity index (χ3v) is 1.54. The maximum Gasteiger partial charge on any atom is 0.146 e. The fourth-order valence-corrected chi connectivity index (χ4v) is 0.851. The third-order valence-electron chi connectivity index (χ3n) is 1.54. The van der Waals surface area contributed by atoms with Crippen LogP contribution in [0.2, 0.25) is 0 Å². The lowest BCUT2D eigenvalue weighted by molar-refractivity contribution is -0.117. The van der Waals surface area contributed by atoms with Crippen molar-refractivity contribution in [3.63, 3.8) is 0 Å². The first-order chi connectivity index (χ1) is 4.81. The molecule has 2 N–H and O–H groups in total. The molecule has 0 aliphatic carbocycles. The minimum absolute atomic E-state index is 0. The molecule has 0 fully saturated rings. The summed E-state index contributed by atoms with van der Waals surface area (Å²) in [6.45, 7) is 2.37. The van der Waals surface area contributed by atoms with Gasteiger partial charge >= 0.3 is 0 Å². The van der Waals surface area contributed by atoms with Gasteiger partial charge in [-0.05, 0) is 6.42 Å². The van der Waals surface area contributed by atoms with E-state index in [-0.39, 0.29) is 24.7 Å². The van der Waals surface area contributed by atoms with Crippen LogP contribution in [0.3, 0.4) is 0 Å².